The van der Waals surface area contributed by atoms with Gasteiger partial charge in [0.1, 0.15) is 5.15 Å². The number of piperazine rings is 1. The molecule has 1 aliphatic rings. The van der Waals surface area contributed by atoms with Crippen LogP contribution in [0.1, 0.15) is 30.6 Å². The van der Waals surface area contributed by atoms with E-state index in [2.05, 4.69) is 23.7 Å². The predicted octanol–water partition coefficient (Wildman–Crippen LogP) is 3.69. The lowest BCUT2D eigenvalue weighted by Crippen LogP contribution is -2.49. The van der Waals surface area contributed by atoms with Gasteiger partial charge in [0.15, 0.2) is 0 Å². The number of fused-ring (bicyclic) bond motifs is 1. The van der Waals surface area contributed by atoms with Gasteiger partial charge in [-0.15, -0.1) is 0 Å². The van der Waals surface area contributed by atoms with Crippen LogP contribution in [0.5, 0.6) is 0 Å². The zero-order valence-corrected chi connectivity index (χ0v) is 15.1. The smallest absolute Gasteiger partial charge is 0.253 e. The number of halogens is 1. The Hall–Kier alpha value is -1.65. The van der Waals surface area contributed by atoms with E-state index in [0.717, 1.165) is 55.1 Å². The van der Waals surface area contributed by atoms with Gasteiger partial charge in [-0.25, -0.2) is 4.98 Å². The van der Waals surface area contributed by atoms with E-state index in [4.69, 9.17) is 11.6 Å². The van der Waals surface area contributed by atoms with Gasteiger partial charge >= 0.3 is 0 Å². The summed E-state index contributed by atoms with van der Waals surface area (Å²) in [4.78, 5) is 21.4. The van der Waals surface area contributed by atoms with Crippen LogP contribution in [0.25, 0.3) is 10.9 Å². The maximum absolute atomic E-state index is 12.7. The molecule has 0 radical (unpaired) electrons. The number of pyridine rings is 1. The first-order valence-corrected chi connectivity index (χ1v) is 8.98. The molecule has 0 unspecified atom stereocenters. The molecule has 0 bridgehead atoms. The van der Waals surface area contributed by atoms with Crippen molar-refractivity contribution < 1.29 is 4.79 Å². The van der Waals surface area contributed by atoms with Gasteiger partial charge in [0.2, 0.25) is 0 Å². The third-order valence-electron chi connectivity index (χ3n) is 4.58. The lowest BCUT2D eigenvalue weighted by atomic mass is 10.1. The molecular formula is C19H24ClN3O. The molecule has 2 aromatic rings. The van der Waals surface area contributed by atoms with Crippen LogP contribution in [-0.4, -0.2) is 53.4 Å². The van der Waals surface area contributed by atoms with Gasteiger partial charge in [0, 0.05) is 37.1 Å². The number of hydrogen-bond donors (Lipinski definition) is 0. The van der Waals surface area contributed by atoms with Crippen molar-refractivity contribution in [1.82, 2.24) is 14.8 Å². The second-order valence-electron chi connectivity index (χ2n) is 6.86. The van der Waals surface area contributed by atoms with Crippen molar-refractivity contribution in [2.24, 2.45) is 5.92 Å². The summed E-state index contributed by atoms with van der Waals surface area (Å²) in [6, 6.07) is 9.29. The fourth-order valence-corrected chi connectivity index (χ4v) is 3.19. The van der Waals surface area contributed by atoms with Crippen LogP contribution in [0.4, 0.5) is 0 Å². The summed E-state index contributed by atoms with van der Waals surface area (Å²) in [5, 5.41) is 1.42. The number of rotatable bonds is 4. The second-order valence-corrected chi connectivity index (χ2v) is 7.25. The van der Waals surface area contributed by atoms with Crippen molar-refractivity contribution >= 4 is 28.4 Å². The molecule has 0 spiro atoms. The minimum atomic E-state index is 0.107. The molecule has 1 aromatic heterocycles. The van der Waals surface area contributed by atoms with E-state index in [9.17, 15) is 4.79 Å². The number of hydrogen-bond acceptors (Lipinski definition) is 3. The molecule has 128 valence electrons. The van der Waals surface area contributed by atoms with Gasteiger partial charge in [-0.1, -0.05) is 25.4 Å². The van der Waals surface area contributed by atoms with Crippen LogP contribution in [0, 0.1) is 5.92 Å². The van der Waals surface area contributed by atoms with Gasteiger partial charge < -0.3 is 4.90 Å². The standard InChI is InChI=1S/C19H24ClN3O/c1-14(2)7-8-22-9-11-23(12-10-22)19(24)16-3-5-17-15(13-16)4-6-18(20)21-17/h3-6,13-14H,7-12H2,1-2H3. The molecule has 1 aromatic carbocycles. The topological polar surface area (TPSA) is 36.4 Å². The number of aromatic nitrogens is 1. The molecule has 5 heteroatoms. The van der Waals surface area contributed by atoms with Crippen molar-refractivity contribution in [1.29, 1.82) is 0 Å². The Morgan fingerprint density at radius 3 is 2.62 bits per heavy atom. The lowest BCUT2D eigenvalue weighted by Gasteiger charge is -2.35. The first-order chi connectivity index (χ1) is 11.5. The van der Waals surface area contributed by atoms with E-state index >= 15 is 0 Å². The first kappa shape index (κ1) is 17.2. The third-order valence-corrected chi connectivity index (χ3v) is 4.79. The van der Waals surface area contributed by atoms with E-state index < -0.39 is 0 Å². The van der Waals surface area contributed by atoms with E-state index in [1.54, 1.807) is 6.07 Å². The second kappa shape index (κ2) is 7.49. The Bertz CT molecular complexity index is 724. The van der Waals surface area contributed by atoms with Crippen LogP contribution in [0.3, 0.4) is 0 Å². The van der Waals surface area contributed by atoms with E-state index in [1.165, 1.54) is 6.42 Å². The summed E-state index contributed by atoms with van der Waals surface area (Å²) in [7, 11) is 0. The minimum absolute atomic E-state index is 0.107. The van der Waals surface area contributed by atoms with Gasteiger partial charge in [-0.05, 0) is 49.2 Å². The van der Waals surface area contributed by atoms with Crippen LogP contribution in [-0.2, 0) is 0 Å². The molecular weight excluding hydrogens is 322 g/mol. The van der Waals surface area contributed by atoms with Crippen molar-refractivity contribution in [3.63, 3.8) is 0 Å². The molecule has 4 nitrogen and oxygen atoms in total. The quantitative estimate of drug-likeness (QED) is 0.793. The third kappa shape index (κ3) is 4.05. The van der Waals surface area contributed by atoms with E-state index in [1.807, 2.05) is 29.2 Å². The lowest BCUT2D eigenvalue weighted by molar-refractivity contribution is 0.0632. The van der Waals surface area contributed by atoms with Gasteiger partial charge in [-0.3, -0.25) is 9.69 Å². The summed E-state index contributed by atoms with van der Waals surface area (Å²) in [5.74, 6) is 0.833. The Morgan fingerprint density at radius 2 is 1.92 bits per heavy atom. The average Bonchev–Trinajstić information content (AvgIpc) is 2.59. The Labute approximate surface area is 148 Å². The fourth-order valence-electron chi connectivity index (χ4n) is 3.03. The van der Waals surface area contributed by atoms with Crippen molar-refractivity contribution in [3.8, 4) is 0 Å². The monoisotopic (exact) mass is 345 g/mol. The summed E-state index contributed by atoms with van der Waals surface area (Å²) in [6.45, 7) is 9.15. The predicted molar refractivity (Wildman–Crippen MR) is 98.6 cm³/mol. The zero-order chi connectivity index (χ0) is 17.1. The van der Waals surface area contributed by atoms with Gasteiger partial charge in [-0.2, -0.15) is 0 Å². The highest BCUT2D eigenvalue weighted by atomic mass is 35.5. The maximum atomic E-state index is 12.7. The summed E-state index contributed by atoms with van der Waals surface area (Å²) < 4.78 is 0. The molecule has 3 rings (SSSR count). The van der Waals surface area contributed by atoms with Gasteiger partial charge in [0.25, 0.3) is 5.91 Å². The highest BCUT2D eigenvalue weighted by Gasteiger charge is 2.22. The molecule has 24 heavy (non-hydrogen) atoms. The number of carbonyl (C=O) groups is 1. The molecule has 1 amide bonds. The summed E-state index contributed by atoms with van der Waals surface area (Å²) in [6.07, 6.45) is 1.22. The van der Waals surface area contributed by atoms with Crippen LogP contribution >= 0.6 is 11.6 Å². The van der Waals surface area contributed by atoms with Crippen LogP contribution in [0.2, 0.25) is 5.15 Å². The van der Waals surface area contributed by atoms with Crippen molar-refractivity contribution in [2.45, 2.75) is 20.3 Å². The maximum Gasteiger partial charge on any atom is 0.253 e. The number of amides is 1. The molecule has 1 fully saturated rings. The van der Waals surface area contributed by atoms with Gasteiger partial charge in [0.05, 0.1) is 5.52 Å². The molecule has 0 atom stereocenters. The normalized spacial score (nSPS) is 16.1. The largest absolute Gasteiger partial charge is 0.336 e. The van der Waals surface area contributed by atoms with E-state index in [-0.39, 0.29) is 5.91 Å². The van der Waals surface area contributed by atoms with Crippen LogP contribution in [0.15, 0.2) is 30.3 Å². The Morgan fingerprint density at radius 1 is 1.17 bits per heavy atom. The molecule has 1 aliphatic heterocycles. The Kier molecular flexibility index (Phi) is 5.36. The molecule has 0 N–H and O–H groups in total. The first-order valence-electron chi connectivity index (χ1n) is 8.61. The Balaban J connectivity index is 1.64. The minimum Gasteiger partial charge on any atom is -0.336 e. The molecule has 0 aliphatic carbocycles. The molecule has 0 saturated carbocycles. The zero-order valence-electron chi connectivity index (χ0n) is 14.3. The number of carbonyl (C=O) groups excluding carboxylic acids is 1. The van der Waals surface area contributed by atoms with Crippen molar-refractivity contribution in [2.75, 3.05) is 32.7 Å². The van der Waals surface area contributed by atoms with Crippen molar-refractivity contribution in [3.05, 3.63) is 41.0 Å². The SMILES string of the molecule is CC(C)CCN1CCN(C(=O)c2ccc3nc(Cl)ccc3c2)CC1. The molecule has 2 heterocycles. The summed E-state index contributed by atoms with van der Waals surface area (Å²) >= 11 is 5.91. The van der Waals surface area contributed by atoms with E-state index in [0.29, 0.717) is 5.15 Å². The highest BCUT2D eigenvalue weighted by Crippen LogP contribution is 2.19. The number of benzene rings is 1. The summed E-state index contributed by atoms with van der Waals surface area (Å²) in [5.41, 5.74) is 1.54. The molecule has 1 saturated heterocycles. The van der Waals surface area contributed by atoms with Crippen LogP contribution < -0.4 is 0 Å². The average molecular weight is 346 g/mol. The highest BCUT2D eigenvalue weighted by molar-refractivity contribution is 6.29. The number of nitrogens with zero attached hydrogens (tertiary/aromatic N) is 3. The fraction of sp³-hybridized carbons (Fsp3) is 0.474.